The second kappa shape index (κ2) is 16.1. The van der Waals surface area contributed by atoms with Crippen LogP contribution in [0.15, 0.2) is 231 Å². The highest BCUT2D eigenvalue weighted by Gasteiger charge is 2.37. The predicted octanol–water partition coefficient (Wildman–Crippen LogP) is 15.1. The van der Waals surface area contributed by atoms with Crippen LogP contribution in [0.25, 0.3) is 78.1 Å². The van der Waals surface area contributed by atoms with Gasteiger partial charge in [0.2, 0.25) is 0 Å². The van der Waals surface area contributed by atoms with Crippen molar-refractivity contribution in [2.45, 2.75) is 18.9 Å². The minimum Gasteiger partial charge on any atom is -0.333 e. The Morgan fingerprint density at radius 1 is 0.556 bits per heavy atom. The van der Waals surface area contributed by atoms with Gasteiger partial charge in [-0.3, -0.25) is 0 Å². The number of allylic oxidation sites excluding steroid dienone is 7. The normalized spacial score (nSPS) is 15.6. The molecule has 0 amide bonds. The van der Waals surface area contributed by atoms with Crippen molar-refractivity contribution in [1.82, 2.24) is 14.5 Å². The fraction of sp³-hybridized carbons (Fsp3) is 0.0508. The van der Waals surface area contributed by atoms with E-state index in [4.69, 9.17) is 9.97 Å². The Hall–Kier alpha value is -8.08. The maximum absolute atomic E-state index is 5.09. The second-order valence-electron chi connectivity index (χ2n) is 16.2. The molecular weight excluding hydrogens is 765 g/mol. The molecule has 300 valence electrons. The lowest BCUT2D eigenvalue weighted by Gasteiger charge is -2.28. The molecule has 0 saturated heterocycles. The number of hydrogen-bond donors (Lipinski definition) is 0. The molecule has 2 unspecified atom stereocenters. The number of benzene rings is 7. The van der Waals surface area contributed by atoms with Crippen LogP contribution in [0.5, 0.6) is 0 Å². The fourth-order valence-electron chi connectivity index (χ4n) is 9.42. The highest BCUT2D eigenvalue weighted by molar-refractivity contribution is 6.10. The van der Waals surface area contributed by atoms with Gasteiger partial charge in [0, 0.05) is 50.4 Å². The lowest BCUT2D eigenvalue weighted by Crippen LogP contribution is -2.28. The van der Waals surface area contributed by atoms with E-state index in [2.05, 4.69) is 204 Å². The average Bonchev–Trinajstić information content (AvgIpc) is 3.87. The molecule has 7 aromatic carbocycles. The molecular formula is C59H44N4. The Morgan fingerprint density at radius 3 is 2.00 bits per heavy atom. The summed E-state index contributed by atoms with van der Waals surface area (Å²) in [4.78, 5) is 12.6. The van der Waals surface area contributed by atoms with E-state index in [9.17, 15) is 0 Å². The summed E-state index contributed by atoms with van der Waals surface area (Å²) >= 11 is 0. The first kappa shape index (κ1) is 37.9. The van der Waals surface area contributed by atoms with Gasteiger partial charge in [-0.25, -0.2) is 9.97 Å². The summed E-state index contributed by atoms with van der Waals surface area (Å²) in [5.74, 6) is 0.946. The van der Waals surface area contributed by atoms with Crippen molar-refractivity contribution < 1.29 is 0 Å². The van der Waals surface area contributed by atoms with Crippen molar-refractivity contribution in [1.29, 1.82) is 0 Å². The van der Waals surface area contributed by atoms with Crippen molar-refractivity contribution in [3.8, 4) is 50.7 Å². The molecule has 2 aromatic heterocycles. The maximum atomic E-state index is 5.09. The first-order valence-corrected chi connectivity index (χ1v) is 21.6. The first-order valence-electron chi connectivity index (χ1n) is 21.6. The zero-order valence-electron chi connectivity index (χ0n) is 35.0. The van der Waals surface area contributed by atoms with Gasteiger partial charge in [0.1, 0.15) is 0 Å². The molecule has 1 aliphatic carbocycles. The van der Waals surface area contributed by atoms with E-state index < -0.39 is 0 Å². The SMILES string of the molecule is C=C/C(=C\C=C/C)c1cccc(-n2c3ccccc3c3cc(-c4ccc5c(c4)C4C=CC=CC4N5c4ccc(-c5cc(-c6ccccc6)nc(-c6ccccc6)n5)cc4)ccc32)c1. The molecule has 0 spiro atoms. The third-order valence-corrected chi connectivity index (χ3v) is 12.5. The van der Waals surface area contributed by atoms with Crippen LogP contribution in [0.1, 0.15) is 24.0 Å². The quantitative estimate of drug-likeness (QED) is 0.136. The van der Waals surface area contributed by atoms with E-state index >= 15 is 0 Å². The zero-order valence-corrected chi connectivity index (χ0v) is 35.0. The molecule has 4 heteroatoms. The zero-order chi connectivity index (χ0) is 42.3. The second-order valence-corrected chi connectivity index (χ2v) is 16.2. The summed E-state index contributed by atoms with van der Waals surface area (Å²) < 4.78 is 2.39. The highest BCUT2D eigenvalue weighted by atomic mass is 15.2. The van der Waals surface area contributed by atoms with Gasteiger partial charge in [-0.05, 0) is 95.4 Å². The van der Waals surface area contributed by atoms with Crippen LogP contribution in [0.4, 0.5) is 11.4 Å². The molecule has 1 aliphatic heterocycles. The van der Waals surface area contributed by atoms with Crippen LogP contribution in [0, 0.1) is 0 Å². The lowest BCUT2D eigenvalue weighted by molar-refractivity contribution is 0.745. The number of nitrogens with zero attached hydrogens (tertiary/aromatic N) is 4. The van der Waals surface area contributed by atoms with Crippen molar-refractivity contribution in [3.63, 3.8) is 0 Å². The average molecular weight is 809 g/mol. The van der Waals surface area contributed by atoms with Gasteiger partial charge in [-0.2, -0.15) is 0 Å². The van der Waals surface area contributed by atoms with Crippen LogP contribution >= 0.6 is 0 Å². The Kier molecular flexibility index (Phi) is 9.67. The number of hydrogen-bond acceptors (Lipinski definition) is 3. The topological polar surface area (TPSA) is 34.0 Å². The third-order valence-electron chi connectivity index (χ3n) is 12.5. The van der Waals surface area contributed by atoms with Gasteiger partial charge in [0.15, 0.2) is 5.82 Å². The van der Waals surface area contributed by atoms with Crippen molar-refractivity contribution in [3.05, 3.63) is 242 Å². The Morgan fingerprint density at radius 2 is 1.22 bits per heavy atom. The molecule has 0 radical (unpaired) electrons. The summed E-state index contributed by atoms with van der Waals surface area (Å²) in [6.07, 6.45) is 17.2. The minimum absolute atomic E-state index is 0.171. The number of aromatic nitrogens is 3. The van der Waals surface area contributed by atoms with Crippen LogP contribution in [-0.4, -0.2) is 20.6 Å². The fourth-order valence-corrected chi connectivity index (χ4v) is 9.42. The Labute approximate surface area is 368 Å². The Bertz CT molecular complexity index is 3260. The standard InChI is InChI=1S/C59H44N4/c1-3-5-17-40(4-2)44-22-16-23-48(36-44)63-56-27-15-13-25-50(56)52-38-46(31-35-58(52)63)45-30-34-57-51(37-45)49-24-12-14-26-55(49)62(57)47-32-28-42(29-33-47)54-39-53(41-18-8-6-9-19-41)60-59(61-54)43-20-10-7-11-21-43/h3-39,49,55H,2H2,1H3/b5-3-,40-17+. The molecule has 3 heterocycles. The van der Waals surface area contributed by atoms with Crippen molar-refractivity contribution in [2.24, 2.45) is 0 Å². The van der Waals surface area contributed by atoms with Gasteiger partial charge >= 0.3 is 0 Å². The van der Waals surface area contributed by atoms with E-state index in [1.54, 1.807) is 0 Å². The number of anilines is 2. The summed E-state index contributed by atoms with van der Waals surface area (Å²) in [6, 6.07) is 63.2. The maximum Gasteiger partial charge on any atom is 0.160 e. The van der Waals surface area contributed by atoms with Gasteiger partial charge < -0.3 is 9.47 Å². The summed E-state index contributed by atoms with van der Waals surface area (Å²) in [6.45, 7) is 6.13. The molecule has 4 nitrogen and oxygen atoms in total. The lowest BCUT2D eigenvalue weighted by atomic mass is 9.89. The molecule has 2 aliphatic rings. The number of rotatable bonds is 9. The minimum atomic E-state index is 0.171. The number of fused-ring (bicyclic) bond motifs is 6. The van der Waals surface area contributed by atoms with Crippen LogP contribution in [0.3, 0.4) is 0 Å². The van der Waals surface area contributed by atoms with Crippen LogP contribution in [-0.2, 0) is 0 Å². The van der Waals surface area contributed by atoms with Crippen molar-refractivity contribution in [2.75, 3.05) is 4.90 Å². The smallest absolute Gasteiger partial charge is 0.160 e. The monoisotopic (exact) mass is 808 g/mol. The molecule has 0 bridgehead atoms. The Balaban J connectivity index is 0.953. The summed E-state index contributed by atoms with van der Waals surface area (Å²) in [5, 5.41) is 2.47. The molecule has 11 rings (SSSR count). The van der Waals surface area contributed by atoms with E-state index in [-0.39, 0.29) is 12.0 Å². The third kappa shape index (κ3) is 6.83. The molecule has 63 heavy (non-hydrogen) atoms. The van der Waals surface area contributed by atoms with Gasteiger partial charge in [-0.1, -0.05) is 170 Å². The van der Waals surface area contributed by atoms with E-state index in [1.165, 1.54) is 44.2 Å². The molecule has 0 N–H and O–H groups in total. The number of para-hydroxylation sites is 1. The summed E-state index contributed by atoms with van der Waals surface area (Å²) in [7, 11) is 0. The largest absolute Gasteiger partial charge is 0.333 e. The van der Waals surface area contributed by atoms with E-state index in [0.717, 1.165) is 50.6 Å². The molecule has 9 aromatic rings. The van der Waals surface area contributed by atoms with Gasteiger partial charge in [0.25, 0.3) is 0 Å². The van der Waals surface area contributed by atoms with Gasteiger partial charge in [0.05, 0.1) is 28.5 Å². The van der Waals surface area contributed by atoms with Gasteiger partial charge in [-0.15, -0.1) is 0 Å². The van der Waals surface area contributed by atoms with Crippen molar-refractivity contribution >= 4 is 38.8 Å². The predicted molar refractivity (Wildman–Crippen MR) is 264 cm³/mol. The first-order chi connectivity index (χ1) is 31.1. The van der Waals surface area contributed by atoms with Crippen LogP contribution < -0.4 is 4.90 Å². The van der Waals surface area contributed by atoms with Crippen LogP contribution in [0.2, 0.25) is 0 Å². The summed E-state index contributed by atoms with van der Waals surface area (Å²) in [5.41, 5.74) is 16.8. The molecule has 0 saturated carbocycles. The highest BCUT2D eigenvalue weighted by Crippen LogP contribution is 2.49. The molecule has 0 fully saturated rings. The molecule has 2 atom stereocenters. The van der Waals surface area contributed by atoms with E-state index in [1.807, 2.05) is 43.3 Å². The van der Waals surface area contributed by atoms with E-state index in [0.29, 0.717) is 5.82 Å².